The molecule has 21 heavy (non-hydrogen) atoms. The van der Waals surface area contributed by atoms with Crippen LogP contribution in [0.3, 0.4) is 0 Å². The minimum atomic E-state index is -3.63. The van der Waals surface area contributed by atoms with Crippen LogP contribution in [0.5, 0.6) is 0 Å². The summed E-state index contributed by atoms with van der Waals surface area (Å²) in [6.45, 7) is -0.194. The second-order valence-corrected chi connectivity index (χ2v) is 8.53. The maximum absolute atomic E-state index is 11.9. The summed E-state index contributed by atoms with van der Waals surface area (Å²) in [5.41, 5.74) is 6.58. The van der Waals surface area contributed by atoms with Crippen LogP contribution in [0.1, 0.15) is 11.1 Å². The fraction of sp³-hybridized carbons (Fsp3) is 0.364. The summed E-state index contributed by atoms with van der Waals surface area (Å²) in [5, 5.41) is 0. The van der Waals surface area contributed by atoms with Gasteiger partial charge in [0.2, 0.25) is 20.0 Å². The Hall–Kier alpha value is -1.07. The summed E-state index contributed by atoms with van der Waals surface area (Å²) in [4.78, 5) is 0.183. The molecule has 0 amide bonds. The van der Waals surface area contributed by atoms with Gasteiger partial charge in [0.05, 0.1) is 11.5 Å². The van der Waals surface area contributed by atoms with Crippen molar-refractivity contribution in [1.29, 1.82) is 0 Å². The van der Waals surface area contributed by atoms with Crippen LogP contribution < -0.4 is 15.2 Å². The molecule has 0 saturated heterocycles. The second kappa shape index (κ2) is 7.27. The molecule has 0 bridgehead atoms. The molecule has 1 rings (SSSR count). The summed E-state index contributed by atoms with van der Waals surface area (Å²) in [6, 6.07) is 6.56. The first-order chi connectivity index (χ1) is 9.65. The van der Waals surface area contributed by atoms with Crippen molar-refractivity contribution in [1.82, 2.24) is 9.44 Å². The van der Waals surface area contributed by atoms with Gasteiger partial charge in [-0.05, 0) is 18.7 Å². The Morgan fingerprint density at radius 2 is 1.90 bits per heavy atom. The van der Waals surface area contributed by atoms with Crippen molar-refractivity contribution in [2.75, 3.05) is 19.3 Å². The summed E-state index contributed by atoms with van der Waals surface area (Å²) in [5.74, 6) is -0.599. The van der Waals surface area contributed by atoms with Crippen molar-refractivity contribution in [3.05, 3.63) is 35.4 Å². The van der Waals surface area contributed by atoms with Gasteiger partial charge in [-0.1, -0.05) is 30.4 Å². The van der Waals surface area contributed by atoms with E-state index in [2.05, 4.69) is 9.44 Å². The first-order valence-electron chi connectivity index (χ1n) is 5.92. The summed E-state index contributed by atoms with van der Waals surface area (Å²) >= 11 is 4.83. The lowest BCUT2D eigenvalue weighted by Crippen LogP contribution is -2.33. The summed E-state index contributed by atoms with van der Waals surface area (Å²) in [6.07, 6.45) is 0. The molecule has 0 aromatic heterocycles. The lowest BCUT2D eigenvalue weighted by atomic mass is 10.1. The van der Waals surface area contributed by atoms with Crippen LogP contribution in [0.2, 0.25) is 0 Å². The SMILES string of the molecule is CNS(=O)(=O)CCNS(=O)(=O)Cc1cccc(C(N)=S)c1. The molecule has 0 aliphatic carbocycles. The first kappa shape index (κ1) is 18.0. The Kier molecular flexibility index (Phi) is 6.23. The van der Waals surface area contributed by atoms with Gasteiger partial charge in [-0.25, -0.2) is 26.3 Å². The van der Waals surface area contributed by atoms with Gasteiger partial charge in [-0.2, -0.15) is 0 Å². The highest BCUT2D eigenvalue weighted by Crippen LogP contribution is 2.08. The molecule has 4 N–H and O–H groups in total. The van der Waals surface area contributed by atoms with Gasteiger partial charge in [0.25, 0.3) is 0 Å². The van der Waals surface area contributed by atoms with E-state index in [0.717, 1.165) is 0 Å². The molecule has 0 spiro atoms. The highest BCUT2D eigenvalue weighted by Gasteiger charge is 2.14. The number of rotatable bonds is 8. The Morgan fingerprint density at radius 1 is 1.24 bits per heavy atom. The number of hydrogen-bond acceptors (Lipinski definition) is 5. The molecule has 0 unspecified atom stereocenters. The Morgan fingerprint density at radius 3 is 2.48 bits per heavy atom. The van der Waals surface area contributed by atoms with E-state index in [9.17, 15) is 16.8 Å². The first-order valence-corrected chi connectivity index (χ1v) is 9.64. The van der Waals surface area contributed by atoms with Crippen LogP contribution in [-0.4, -0.2) is 41.2 Å². The van der Waals surface area contributed by atoms with E-state index < -0.39 is 20.0 Å². The zero-order valence-corrected chi connectivity index (χ0v) is 13.8. The largest absolute Gasteiger partial charge is 0.389 e. The summed E-state index contributed by atoms with van der Waals surface area (Å²) < 4.78 is 50.4. The van der Waals surface area contributed by atoms with Gasteiger partial charge in [-0.15, -0.1) is 0 Å². The molecule has 0 saturated carbocycles. The predicted octanol–water partition coefficient (Wildman–Crippen LogP) is -0.711. The average Bonchev–Trinajstić information content (AvgIpc) is 2.38. The fourth-order valence-electron chi connectivity index (χ4n) is 1.52. The zero-order chi connectivity index (χ0) is 16.1. The van der Waals surface area contributed by atoms with E-state index in [1.54, 1.807) is 24.3 Å². The normalized spacial score (nSPS) is 12.2. The lowest BCUT2D eigenvalue weighted by Gasteiger charge is -2.08. The molecule has 0 aliphatic heterocycles. The molecule has 0 aliphatic rings. The maximum Gasteiger partial charge on any atom is 0.215 e. The van der Waals surface area contributed by atoms with E-state index in [-0.39, 0.29) is 23.0 Å². The fourth-order valence-corrected chi connectivity index (χ4v) is 3.48. The summed E-state index contributed by atoms with van der Waals surface area (Å²) in [7, 11) is -5.81. The van der Waals surface area contributed by atoms with Gasteiger partial charge in [0.1, 0.15) is 4.99 Å². The smallest absolute Gasteiger partial charge is 0.215 e. The number of nitrogens with one attached hydrogen (secondary N) is 2. The Labute approximate surface area is 130 Å². The van der Waals surface area contributed by atoms with Gasteiger partial charge in [0, 0.05) is 12.1 Å². The number of nitrogens with two attached hydrogens (primary N) is 1. The zero-order valence-electron chi connectivity index (χ0n) is 11.4. The van der Waals surface area contributed by atoms with Gasteiger partial charge >= 0.3 is 0 Å². The van der Waals surface area contributed by atoms with E-state index in [1.165, 1.54) is 7.05 Å². The molecule has 0 radical (unpaired) electrons. The van der Waals surface area contributed by atoms with Gasteiger partial charge in [0.15, 0.2) is 0 Å². The second-order valence-electron chi connectivity index (χ2n) is 4.24. The maximum atomic E-state index is 11.9. The highest BCUT2D eigenvalue weighted by atomic mass is 32.2. The molecule has 10 heteroatoms. The molecule has 0 heterocycles. The predicted molar refractivity (Wildman–Crippen MR) is 85.8 cm³/mol. The quantitative estimate of drug-likeness (QED) is 0.533. The molecule has 118 valence electrons. The average molecular weight is 351 g/mol. The van der Waals surface area contributed by atoms with Crippen molar-refractivity contribution in [2.24, 2.45) is 5.73 Å². The van der Waals surface area contributed by atoms with Gasteiger partial charge < -0.3 is 5.73 Å². The third-order valence-corrected chi connectivity index (χ3v) is 5.53. The van der Waals surface area contributed by atoms with Crippen molar-refractivity contribution >= 4 is 37.3 Å². The molecule has 1 aromatic carbocycles. The standard InChI is InChI=1S/C11H17N3O4S3/c1-13-20(15,16)6-5-14-21(17,18)8-9-3-2-4-10(7-9)11(12)19/h2-4,7,13-14H,5-6,8H2,1H3,(H2,12,19). The molecular weight excluding hydrogens is 334 g/mol. The van der Waals surface area contributed by atoms with Crippen LogP contribution in [0.4, 0.5) is 0 Å². The molecule has 0 fully saturated rings. The van der Waals surface area contributed by atoms with Crippen LogP contribution in [0, 0.1) is 0 Å². The molecular formula is C11H17N3O4S3. The number of sulfonamides is 2. The van der Waals surface area contributed by atoms with Crippen LogP contribution in [0.25, 0.3) is 0 Å². The topological polar surface area (TPSA) is 118 Å². The van der Waals surface area contributed by atoms with E-state index >= 15 is 0 Å². The van der Waals surface area contributed by atoms with Gasteiger partial charge in [-0.3, -0.25) is 0 Å². The minimum absolute atomic E-state index is 0.183. The molecule has 1 aromatic rings. The van der Waals surface area contributed by atoms with Crippen molar-refractivity contribution in [2.45, 2.75) is 5.75 Å². The lowest BCUT2D eigenvalue weighted by molar-refractivity contribution is 0.578. The monoisotopic (exact) mass is 351 g/mol. The van der Waals surface area contributed by atoms with E-state index in [4.69, 9.17) is 18.0 Å². The Balaban J connectivity index is 2.68. The third kappa shape index (κ3) is 6.48. The van der Waals surface area contributed by atoms with Crippen molar-refractivity contribution in [3.8, 4) is 0 Å². The number of thiocarbonyl (C=S) groups is 1. The van der Waals surface area contributed by atoms with Crippen molar-refractivity contribution in [3.63, 3.8) is 0 Å². The van der Waals surface area contributed by atoms with E-state index in [1.807, 2.05) is 0 Å². The van der Waals surface area contributed by atoms with Crippen molar-refractivity contribution < 1.29 is 16.8 Å². The minimum Gasteiger partial charge on any atom is -0.389 e. The Bertz CT molecular complexity index is 714. The van der Waals surface area contributed by atoms with Crippen LogP contribution in [0.15, 0.2) is 24.3 Å². The molecule has 0 atom stereocenters. The highest BCUT2D eigenvalue weighted by molar-refractivity contribution is 7.90. The number of hydrogen-bond donors (Lipinski definition) is 3. The van der Waals surface area contributed by atoms with E-state index in [0.29, 0.717) is 11.1 Å². The van der Waals surface area contributed by atoms with Crippen LogP contribution in [-0.2, 0) is 25.8 Å². The van der Waals surface area contributed by atoms with Crippen LogP contribution >= 0.6 is 12.2 Å². The third-order valence-electron chi connectivity index (χ3n) is 2.57. The molecule has 7 nitrogen and oxygen atoms in total. The number of benzene rings is 1.